The molecule has 0 bridgehead atoms. The molecule has 1 aromatic carbocycles. The second kappa shape index (κ2) is 8.52. The number of nitrogens with one attached hydrogen (secondary N) is 1. The lowest BCUT2D eigenvalue weighted by Gasteiger charge is -2.44. The molecule has 0 spiro atoms. The molecular weight excluding hydrogens is 346 g/mol. The van der Waals surface area contributed by atoms with Gasteiger partial charge < -0.3 is 14.8 Å². The van der Waals surface area contributed by atoms with Crippen molar-refractivity contribution in [2.24, 2.45) is 5.92 Å². The van der Waals surface area contributed by atoms with E-state index in [2.05, 4.69) is 52.9 Å². The van der Waals surface area contributed by atoms with Crippen molar-refractivity contribution in [3.8, 4) is 0 Å². The number of amides is 1. The van der Waals surface area contributed by atoms with E-state index < -0.39 is 0 Å². The van der Waals surface area contributed by atoms with Gasteiger partial charge >= 0.3 is 0 Å². The number of hydrogen-bond donors (Lipinski definition) is 1. The molecule has 3 heterocycles. The second-order valence-electron chi connectivity index (χ2n) is 8.61. The first-order valence-electron chi connectivity index (χ1n) is 10.9. The van der Waals surface area contributed by atoms with Crippen molar-refractivity contribution in [3.05, 3.63) is 58.9 Å². The van der Waals surface area contributed by atoms with E-state index in [4.69, 9.17) is 0 Å². The number of hydrogen-bond acceptors (Lipinski definition) is 2. The molecule has 4 rings (SSSR count). The first-order valence-corrected chi connectivity index (χ1v) is 10.9. The van der Waals surface area contributed by atoms with Gasteiger partial charge in [-0.15, -0.1) is 0 Å². The Morgan fingerprint density at radius 3 is 2.43 bits per heavy atom. The van der Waals surface area contributed by atoms with Crippen LogP contribution >= 0.6 is 0 Å². The number of rotatable bonds is 5. The Balaban J connectivity index is 1.33. The topological polar surface area (TPSA) is 37.3 Å². The fourth-order valence-corrected chi connectivity index (χ4v) is 5.03. The number of nitrogens with zero attached hydrogens (tertiary/aromatic N) is 2. The Morgan fingerprint density at radius 2 is 1.68 bits per heavy atom. The monoisotopic (exact) mass is 379 g/mol. The highest BCUT2D eigenvalue weighted by Gasteiger charge is 2.32. The van der Waals surface area contributed by atoms with E-state index in [-0.39, 0.29) is 5.91 Å². The third-order valence-corrected chi connectivity index (χ3v) is 6.73. The van der Waals surface area contributed by atoms with Crippen LogP contribution in [0.4, 0.5) is 0 Å². The summed E-state index contributed by atoms with van der Waals surface area (Å²) in [6.45, 7) is 8.42. The molecule has 2 atom stereocenters. The van der Waals surface area contributed by atoms with Crippen molar-refractivity contribution in [2.75, 3.05) is 19.6 Å². The van der Waals surface area contributed by atoms with Crippen molar-refractivity contribution >= 4 is 5.91 Å². The Morgan fingerprint density at radius 1 is 0.964 bits per heavy atom. The number of carbonyl (C=O) groups excluding carboxylic acids is 1. The zero-order valence-electron chi connectivity index (χ0n) is 17.3. The van der Waals surface area contributed by atoms with Gasteiger partial charge in [0.15, 0.2) is 0 Å². The molecule has 28 heavy (non-hydrogen) atoms. The minimum Gasteiger partial charge on any atom is -0.352 e. The lowest BCUT2D eigenvalue weighted by atomic mass is 9.83. The van der Waals surface area contributed by atoms with Gasteiger partial charge in [0.05, 0.1) is 0 Å². The largest absolute Gasteiger partial charge is 0.352 e. The maximum Gasteiger partial charge on any atom is 0.251 e. The smallest absolute Gasteiger partial charge is 0.251 e. The van der Waals surface area contributed by atoms with Crippen LogP contribution in [0.1, 0.15) is 59.4 Å². The maximum absolute atomic E-state index is 12.7. The zero-order valence-corrected chi connectivity index (χ0v) is 17.3. The van der Waals surface area contributed by atoms with Crippen molar-refractivity contribution in [1.82, 2.24) is 14.8 Å². The molecule has 2 unspecified atom stereocenters. The van der Waals surface area contributed by atoms with E-state index in [1.165, 1.54) is 62.1 Å². The van der Waals surface area contributed by atoms with Crippen LogP contribution in [-0.4, -0.2) is 41.1 Å². The van der Waals surface area contributed by atoms with Crippen molar-refractivity contribution < 1.29 is 4.79 Å². The molecule has 0 saturated carbocycles. The normalized spacial score (nSPS) is 22.6. The van der Waals surface area contributed by atoms with Crippen LogP contribution < -0.4 is 5.32 Å². The molecule has 0 aliphatic carbocycles. The van der Waals surface area contributed by atoms with Crippen LogP contribution in [0.15, 0.2) is 36.4 Å². The SMILES string of the molecule is Cc1ccc(C)n1Cc1ccc(C(=O)NCC2CCCN3CCCCC23)cc1. The van der Waals surface area contributed by atoms with Crippen LogP contribution in [0.2, 0.25) is 0 Å². The molecule has 0 radical (unpaired) electrons. The number of carbonyl (C=O) groups is 1. The third-order valence-electron chi connectivity index (χ3n) is 6.73. The van der Waals surface area contributed by atoms with E-state index in [9.17, 15) is 4.79 Å². The van der Waals surface area contributed by atoms with E-state index >= 15 is 0 Å². The van der Waals surface area contributed by atoms with Gasteiger partial charge in [0.2, 0.25) is 0 Å². The first kappa shape index (κ1) is 19.3. The minimum absolute atomic E-state index is 0.0628. The van der Waals surface area contributed by atoms with E-state index in [1.807, 2.05) is 12.1 Å². The fourth-order valence-electron chi connectivity index (χ4n) is 5.03. The van der Waals surface area contributed by atoms with Gasteiger partial charge in [-0.2, -0.15) is 0 Å². The molecule has 2 aromatic rings. The Kier molecular flexibility index (Phi) is 5.86. The van der Waals surface area contributed by atoms with Gasteiger partial charge in [0, 0.05) is 36.1 Å². The van der Waals surface area contributed by atoms with Crippen molar-refractivity contribution in [2.45, 2.75) is 58.5 Å². The molecule has 4 heteroatoms. The standard InChI is InChI=1S/C24H33N3O/c1-18-8-9-19(2)27(18)17-20-10-12-21(13-11-20)24(28)25-16-22-6-5-15-26-14-4-3-7-23(22)26/h8-13,22-23H,3-7,14-17H2,1-2H3,(H,25,28). The molecule has 150 valence electrons. The van der Waals surface area contributed by atoms with Crippen LogP contribution in [0, 0.1) is 19.8 Å². The quantitative estimate of drug-likeness (QED) is 0.847. The Hall–Kier alpha value is -2.07. The summed E-state index contributed by atoms with van der Waals surface area (Å²) in [7, 11) is 0. The average molecular weight is 380 g/mol. The lowest BCUT2D eigenvalue weighted by molar-refractivity contribution is 0.0575. The average Bonchev–Trinajstić information content (AvgIpc) is 3.04. The number of aryl methyl sites for hydroxylation is 2. The van der Waals surface area contributed by atoms with Gasteiger partial charge in [0.25, 0.3) is 5.91 Å². The third kappa shape index (κ3) is 4.17. The summed E-state index contributed by atoms with van der Waals surface area (Å²) in [5, 5.41) is 3.21. The highest BCUT2D eigenvalue weighted by Crippen LogP contribution is 2.30. The number of piperidine rings is 2. The highest BCUT2D eigenvalue weighted by atomic mass is 16.1. The predicted molar refractivity (Wildman–Crippen MR) is 114 cm³/mol. The number of aromatic nitrogens is 1. The lowest BCUT2D eigenvalue weighted by Crippen LogP contribution is -2.51. The first-order chi connectivity index (χ1) is 13.6. The molecular formula is C24H33N3O. The molecule has 1 amide bonds. The number of benzene rings is 1. The Bertz CT molecular complexity index is 786. The van der Waals surface area contributed by atoms with Gasteiger partial charge in [-0.1, -0.05) is 18.6 Å². The molecule has 2 saturated heterocycles. The maximum atomic E-state index is 12.7. The van der Waals surface area contributed by atoms with Crippen LogP contribution in [0.3, 0.4) is 0 Å². The van der Waals surface area contributed by atoms with Gasteiger partial charge in [0.1, 0.15) is 0 Å². The summed E-state index contributed by atoms with van der Waals surface area (Å²) in [5.74, 6) is 0.671. The molecule has 4 nitrogen and oxygen atoms in total. The van der Waals surface area contributed by atoms with Crippen molar-refractivity contribution in [1.29, 1.82) is 0 Å². The molecule has 1 N–H and O–H groups in total. The van der Waals surface area contributed by atoms with Crippen LogP contribution in [0.5, 0.6) is 0 Å². The van der Waals surface area contributed by atoms with Gasteiger partial charge in [-0.25, -0.2) is 0 Å². The second-order valence-corrected chi connectivity index (χ2v) is 8.61. The van der Waals surface area contributed by atoms with E-state index in [0.717, 1.165) is 18.7 Å². The van der Waals surface area contributed by atoms with Crippen LogP contribution in [-0.2, 0) is 6.54 Å². The fraction of sp³-hybridized carbons (Fsp3) is 0.542. The summed E-state index contributed by atoms with van der Waals surface area (Å²) in [5.41, 5.74) is 4.53. The van der Waals surface area contributed by atoms with E-state index in [0.29, 0.717) is 12.0 Å². The summed E-state index contributed by atoms with van der Waals surface area (Å²) >= 11 is 0. The molecule has 2 aliphatic heterocycles. The summed E-state index contributed by atoms with van der Waals surface area (Å²) in [6.07, 6.45) is 6.49. The summed E-state index contributed by atoms with van der Waals surface area (Å²) in [4.78, 5) is 15.3. The van der Waals surface area contributed by atoms with Gasteiger partial charge in [-0.3, -0.25) is 4.79 Å². The number of fused-ring (bicyclic) bond motifs is 1. The summed E-state index contributed by atoms with van der Waals surface area (Å²) in [6, 6.07) is 13.1. The zero-order chi connectivity index (χ0) is 19.5. The Labute approximate surface area is 168 Å². The minimum atomic E-state index is 0.0628. The molecule has 2 aliphatic rings. The van der Waals surface area contributed by atoms with Gasteiger partial charge in [-0.05, 0) is 88.4 Å². The van der Waals surface area contributed by atoms with Crippen molar-refractivity contribution in [3.63, 3.8) is 0 Å². The summed E-state index contributed by atoms with van der Waals surface area (Å²) < 4.78 is 2.30. The highest BCUT2D eigenvalue weighted by molar-refractivity contribution is 5.94. The van der Waals surface area contributed by atoms with Crippen LogP contribution in [0.25, 0.3) is 0 Å². The molecule has 2 fully saturated rings. The molecule has 1 aromatic heterocycles. The van der Waals surface area contributed by atoms with E-state index in [1.54, 1.807) is 0 Å². The predicted octanol–water partition coefficient (Wildman–Crippen LogP) is 4.15.